The summed E-state index contributed by atoms with van der Waals surface area (Å²) in [5, 5.41) is 4.74. The second-order valence-electron chi connectivity index (χ2n) is 6.46. The van der Waals surface area contributed by atoms with Gasteiger partial charge in [0.1, 0.15) is 4.21 Å². The van der Waals surface area contributed by atoms with Crippen molar-refractivity contribution >= 4 is 33.0 Å². The lowest BCUT2D eigenvalue weighted by atomic mass is 10.0. The van der Waals surface area contributed by atoms with Gasteiger partial charge < -0.3 is 5.32 Å². The number of hydrogen-bond acceptors (Lipinski definition) is 4. The van der Waals surface area contributed by atoms with Gasteiger partial charge >= 0.3 is 0 Å². The average Bonchev–Trinajstić information content (AvgIpc) is 3.23. The topological polar surface area (TPSA) is 75.3 Å². The maximum Gasteiger partial charge on any atom is 0.271 e. The highest BCUT2D eigenvalue weighted by molar-refractivity contribution is 7.94. The molecule has 0 radical (unpaired) electrons. The smallest absolute Gasteiger partial charge is 0.271 e. The minimum absolute atomic E-state index is 0.0786. The molecule has 3 aromatic rings. The summed E-state index contributed by atoms with van der Waals surface area (Å²) in [5.74, 6) is -0.194. The number of sulfonamides is 1. The van der Waals surface area contributed by atoms with Gasteiger partial charge in [-0.1, -0.05) is 42.8 Å². The molecular formula is C21H22N2O3S2. The van der Waals surface area contributed by atoms with E-state index in [4.69, 9.17) is 0 Å². The SMILES string of the molecule is CC[C@@H](NC(=O)c1ccc(NS(=O)(=O)c2cccs2)cc1)c1ccc(C)cc1. The summed E-state index contributed by atoms with van der Waals surface area (Å²) in [6.45, 7) is 4.05. The van der Waals surface area contributed by atoms with E-state index in [2.05, 4.69) is 10.0 Å². The molecule has 1 aromatic heterocycles. The van der Waals surface area contributed by atoms with E-state index in [-0.39, 0.29) is 16.2 Å². The molecule has 1 heterocycles. The third kappa shape index (κ3) is 4.79. The summed E-state index contributed by atoms with van der Waals surface area (Å²) in [4.78, 5) is 12.6. The number of carbonyl (C=O) groups is 1. The molecule has 0 spiro atoms. The molecule has 146 valence electrons. The maximum atomic E-state index is 12.6. The van der Waals surface area contributed by atoms with Crippen LogP contribution in [0.1, 0.15) is 40.9 Å². The lowest BCUT2D eigenvalue weighted by molar-refractivity contribution is 0.0935. The zero-order chi connectivity index (χ0) is 20.1. The minimum Gasteiger partial charge on any atom is -0.345 e. The van der Waals surface area contributed by atoms with Crippen LogP contribution in [0.4, 0.5) is 5.69 Å². The number of thiophene rings is 1. The van der Waals surface area contributed by atoms with Crippen LogP contribution in [-0.4, -0.2) is 14.3 Å². The Bertz CT molecular complexity index is 1030. The van der Waals surface area contributed by atoms with Crippen LogP contribution in [0.5, 0.6) is 0 Å². The Morgan fingerprint density at radius 1 is 1.04 bits per heavy atom. The van der Waals surface area contributed by atoms with E-state index in [0.29, 0.717) is 11.3 Å². The van der Waals surface area contributed by atoms with E-state index in [1.807, 2.05) is 38.1 Å². The van der Waals surface area contributed by atoms with Gasteiger partial charge in [0.2, 0.25) is 0 Å². The summed E-state index contributed by atoms with van der Waals surface area (Å²) < 4.78 is 27.3. The maximum absolute atomic E-state index is 12.6. The lowest BCUT2D eigenvalue weighted by Crippen LogP contribution is -2.28. The van der Waals surface area contributed by atoms with Crippen LogP contribution in [0.2, 0.25) is 0 Å². The Kier molecular flexibility index (Phi) is 6.16. The molecule has 3 rings (SSSR count). The van der Waals surface area contributed by atoms with Gasteiger partial charge in [-0.3, -0.25) is 9.52 Å². The van der Waals surface area contributed by atoms with Crippen LogP contribution in [0, 0.1) is 6.92 Å². The van der Waals surface area contributed by atoms with Crippen LogP contribution in [0.25, 0.3) is 0 Å². The van der Waals surface area contributed by atoms with Gasteiger partial charge in [-0.25, -0.2) is 8.42 Å². The number of carbonyl (C=O) groups excluding carboxylic acids is 1. The summed E-state index contributed by atoms with van der Waals surface area (Å²) in [5.41, 5.74) is 3.12. The fourth-order valence-corrected chi connectivity index (χ4v) is 4.82. The van der Waals surface area contributed by atoms with Crippen LogP contribution in [-0.2, 0) is 10.0 Å². The molecule has 0 saturated carbocycles. The van der Waals surface area contributed by atoms with Crippen LogP contribution in [0.3, 0.4) is 0 Å². The number of nitrogens with one attached hydrogen (secondary N) is 2. The molecule has 0 aliphatic carbocycles. The molecule has 7 heteroatoms. The Labute approximate surface area is 169 Å². The average molecular weight is 415 g/mol. The van der Waals surface area contributed by atoms with Crippen LogP contribution < -0.4 is 10.0 Å². The number of aryl methyl sites for hydroxylation is 1. The highest BCUT2D eigenvalue weighted by atomic mass is 32.2. The van der Waals surface area contributed by atoms with Crippen molar-refractivity contribution in [2.45, 2.75) is 30.5 Å². The lowest BCUT2D eigenvalue weighted by Gasteiger charge is -2.18. The molecule has 0 saturated heterocycles. The van der Waals surface area contributed by atoms with Crippen molar-refractivity contribution in [1.82, 2.24) is 5.32 Å². The Morgan fingerprint density at radius 3 is 2.29 bits per heavy atom. The predicted octanol–water partition coefficient (Wildman–Crippen LogP) is 4.74. The summed E-state index contributed by atoms with van der Waals surface area (Å²) in [6.07, 6.45) is 0.771. The zero-order valence-electron chi connectivity index (χ0n) is 15.7. The van der Waals surface area contributed by atoms with Crippen molar-refractivity contribution in [3.8, 4) is 0 Å². The number of amides is 1. The first-order valence-electron chi connectivity index (χ1n) is 8.93. The molecule has 0 aliphatic rings. The van der Waals surface area contributed by atoms with Crippen molar-refractivity contribution < 1.29 is 13.2 Å². The fraction of sp³-hybridized carbons (Fsp3) is 0.190. The van der Waals surface area contributed by atoms with Crippen molar-refractivity contribution in [1.29, 1.82) is 0 Å². The van der Waals surface area contributed by atoms with Gasteiger partial charge in [0.15, 0.2) is 0 Å². The van der Waals surface area contributed by atoms with Crippen molar-refractivity contribution in [2.75, 3.05) is 4.72 Å². The third-order valence-electron chi connectivity index (χ3n) is 4.35. The number of benzene rings is 2. The van der Waals surface area contributed by atoms with Gasteiger partial charge in [0.25, 0.3) is 15.9 Å². The summed E-state index contributed by atoms with van der Waals surface area (Å²) in [7, 11) is -3.60. The highest BCUT2D eigenvalue weighted by Crippen LogP contribution is 2.21. The fourth-order valence-electron chi connectivity index (χ4n) is 2.77. The van der Waals surface area contributed by atoms with E-state index in [0.717, 1.165) is 23.3 Å². The second kappa shape index (κ2) is 8.58. The van der Waals surface area contributed by atoms with E-state index in [1.165, 1.54) is 5.56 Å². The molecule has 2 aromatic carbocycles. The predicted molar refractivity (Wildman–Crippen MR) is 113 cm³/mol. The molecule has 0 aliphatic heterocycles. The van der Waals surface area contributed by atoms with Gasteiger partial charge in [0, 0.05) is 11.3 Å². The standard InChI is InChI=1S/C21H22N2O3S2/c1-3-19(16-8-6-15(2)7-9-16)22-21(24)17-10-12-18(13-11-17)23-28(25,26)20-5-4-14-27-20/h4-14,19,23H,3H2,1-2H3,(H,22,24)/t19-/m1/s1. The number of hydrogen-bond donors (Lipinski definition) is 2. The monoisotopic (exact) mass is 414 g/mol. The van der Waals surface area contributed by atoms with Crippen LogP contribution in [0.15, 0.2) is 70.3 Å². The first kappa shape index (κ1) is 20.1. The second-order valence-corrected chi connectivity index (χ2v) is 9.32. The van der Waals surface area contributed by atoms with Crippen molar-refractivity contribution in [2.24, 2.45) is 0 Å². The van der Waals surface area contributed by atoms with E-state index in [1.54, 1.807) is 41.8 Å². The molecule has 1 amide bonds. The van der Waals surface area contributed by atoms with Crippen LogP contribution >= 0.6 is 11.3 Å². The zero-order valence-corrected chi connectivity index (χ0v) is 17.3. The molecule has 28 heavy (non-hydrogen) atoms. The quantitative estimate of drug-likeness (QED) is 0.586. The number of rotatable bonds is 7. The van der Waals surface area contributed by atoms with Gasteiger partial charge in [-0.2, -0.15) is 0 Å². The van der Waals surface area contributed by atoms with Crippen molar-refractivity contribution in [3.63, 3.8) is 0 Å². The van der Waals surface area contributed by atoms with Crippen molar-refractivity contribution in [3.05, 3.63) is 82.7 Å². The first-order chi connectivity index (χ1) is 13.4. The van der Waals surface area contributed by atoms with Gasteiger partial charge in [-0.05, 0) is 54.6 Å². The Hall–Kier alpha value is -2.64. The molecule has 0 bridgehead atoms. The van der Waals surface area contributed by atoms with Gasteiger partial charge in [-0.15, -0.1) is 11.3 Å². The third-order valence-corrected chi connectivity index (χ3v) is 7.13. The molecule has 0 fully saturated rings. The minimum atomic E-state index is -3.60. The molecule has 0 unspecified atom stereocenters. The normalized spacial score (nSPS) is 12.4. The van der Waals surface area contributed by atoms with E-state index < -0.39 is 10.0 Å². The Balaban J connectivity index is 1.68. The summed E-state index contributed by atoms with van der Waals surface area (Å²) in [6, 6.07) is 17.7. The first-order valence-corrected chi connectivity index (χ1v) is 11.3. The largest absolute Gasteiger partial charge is 0.345 e. The van der Waals surface area contributed by atoms with E-state index in [9.17, 15) is 13.2 Å². The number of anilines is 1. The molecule has 5 nitrogen and oxygen atoms in total. The molecular weight excluding hydrogens is 392 g/mol. The molecule has 2 N–H and O–H groups in total. The summed E-state index contributed by atoms with van der Waals surface area (Å²) >= 11 is 1.15. The van der Waals surface area contributed by atoms with E-state index >= 15 is 0 Å². The van der Waals surface area contributed by atoms with Gasteiger partial charge in [0.05, 0.1) is 6.04 Å². The Morgan fingerprint density at radius 2 is 1.71 bits per heavy atom. The highest BCUT2D eigenvalue weighted by Gasteiger charge is 2.17. The molecule has 1 atom stereocenters.